The first-order valence-corrected chi connectivity index (χ1v) is 23.4. The third kappa shape index (κ3) is 9.72. The number of sulfonamides is 1. The molecule has 0 aromatic heterocycles. The number of aryl methyl sites for hydroxylation is 3. The molecule has 1 fully saturated rings. The number of nitrogens with one attached hydrogen (secondary N) is 4. The van der Waals surface area contributed by atoms with Gasteiger partial charge in [0.15, 0.2) is 0 Å². The van der Waals surface area contributed by atoms with Gasteiger partial charge in [-0.2, -0.15) is 4.72 Å². The first-order valence-electron chi connectivity index (χ1n) is 21.9. The van der Waals surface area contributed by atoms with Crippen LogP contribution in [0.25, 0.3) is 0 Å². The molecule has 0 bridgehead atoms. The number of rotatable bonds is 14. The van der Waals surface area contributed by atoms with Crippen molar-refractivity contribution >= 4 is 39.1 Å². The van der Waals surface area contributed by atoms with Crippen LogP contribution in [0.4, 0.5) is 11.4 Å². The molecule has 2 aliphatic rings. The van der Waals surface area contributed by atoms with Gasteiger partial charge in [-0.25, -0.2) is 8.42 Å². The Morgan fingerprint density at radius 1 is 0.694 bits per heavy atom. The Labute approximate surface area is 367 Å². The first-order chi connectivity index (χ1) is 29.6. The van der Waals surface area contributed by atoms with E-state index in [9.17, 15) is 22.8 Å². The van der Waals surface area contributed by atoms with Crippen molar-refractivity contribution in [2.24, 2.45) is 11.3 Å². The number of hydrogen-bond donors (Lipinski definition) is 4. The van der Waals surface area contributed by atoms with E-state index in [1.165, 1.54) is 0 Å². The highest BCUT2D eigenvalue weighted by atomic mass is 32.2. The Balaban J connectivity index is 1.20. The van der Waals surface area contributed by atoms with Gasteiger partial charge in [0.25, 0.3) is 0 Å². The van der Waals surface area contributed by atoms with E-state index in [1.54, 1.807) is 12.1 Å². The molecule has 0 spiro atoms. The monoisotopic (exact) mass is 852 g/mol. The summed E-state index contributed by atoms with van der Waals surface area (Å²) in [6.45, 7) is 12.1. The van der Waals surface area contributed by atoms with Crippen LogP contribution < -0.4 is 20.7 Å². The van der Waals surface area contributed by atoms with Crippen LogP contribution in [0.5, 0.6) is 0 Å². The van der Waals surface area contributed by atoms with E-state index >= 15 is 0 Å². The second-order valence-corrected chi connectivity index (χ2v) is 20.0. The molecule has 3 amide bonds. The Hall–Kier alpha value is -5.58. The molecule has 0 heterocycles. The Bertz CT molecular complexity index is 2510. The van der Waals surface area contributed by atoms with Gasteiger partial charge in [-0.3, -0.25) is 14.4 Å². The molecular formula is C52H60N4O5S. The molecule has 62 heavy (non-hydrogen) atoms. The number of carbonyl (C=O) groups is 3. The van der Waals surface area contributed by atoms with Crippen LogP contribution in [0, 0.1) is 25.2 Å². The van der Waals surface area contributed by atoms with Crippen molar-refractivity contribution < 1.29 is 22.8 Å². The van der Waals surface area contributed by atoms with E-state index in [2.05, 4.69) is 27.6 Å². The molecule has 5 aromatic rings. The van der Waals surface area contributed by atoms with Gasteiger partial charge in [0.05, 0.1) is 10.3 Å². The van der Waals surface area contributed by atoms with Crippen molar-refractivity contribution in [2.75, 3.05) is 10.6 Å². The molecule has 5 aromatic carbocycles. The Kier molecular flexibility index (Phi) is 13.2. The van der Waals surface area contributed by atoms with E-state index in [-0.39, 0.29) is 35.0 Å². The predicted molar refractivity (Wildman–Crippen MR) is 248 cm³/mol. The summed E-state index contributed by atoms with van der Waals surface area (Å²) in [6, 6.07) is 36.1. The van der Waals surface area contributed by atoms with Crippen LogP contribution in [0.15, 0.2) is 126 Å². The highest BCUT2D eigenvalue weighted by Crippen LogP contribution is 2.58. The van der Waals surface area contributed by atoms with Crippen LogP contribution >= 0.6 is 0 Å². The fraction of sp³-hybridized carbons (Fsp3) is 0.365. The summed E-state index contributed by atoms with van der Waals surface area (Å²) in [4.78, 5) is 42.9. The summed E-state index contributed by atoms with van der Waals surface area (Å²) in [5.74, 6) is -1.17. The van der Waals surface area contributed by atoms with Crippen LogP contribution in [0.1, 0.15) is 98.2 Å². The normalized spacial score (nSPS) is 20.6. The van der Waals surface area contributed by atoms with Crippen LogP contribution in [0.3, 0.4) is 0 Å². The van der Waals surface area contributed by atoms with Gasteiger partial charge >= 0.3 is 0 Å². The zero-order chi connectivity index (χ0) is 44.2. The third-order valence-electron chi connectivity index (χ3n) is 13.4. The zero-order valence-corrected chi connectivity index (χ0v) is 37.6. The number of anilines is 2. The van der Waals surface area contributed by atoms with Gasteiger partial charge in [0.1, 0.15) is 12.1 Å². The van der Waals surface area contributed by atoms with E-state index in [0.717, 1.165) is 52.6 Å². The molecule has 1 saturated carbocycles. The Morgan fingerprint density at radius 3 is 1.74 bits per heavy atom. The molecule has 0 saturated heterocycles. The van der Waals surface area contributed by atoms with Crippen LogP contribution in [-0.4, -0.2) is 38.2 Å². The maximum absolute atomic E-state index is 14.8. The molecule has 0 radical (unpaired) electrons. The SMILES string of the molecule is Cc1ccc(NC(=O)[C@H](Cc2ccccc2)NC(=O)[C@]2(C)CCC[C@]3(C)c4cc(S(=O)(=O)N[C@@H](Cc5ccccc5)C(=O)Nc5ccc(C)cc5)c(C(C)C)cc4CC[C@@H]23)cc1. The second kappa shape index (κ2) is 18.4. The lowest BCUT2D eigenvalue weighted by Crippen LogP contribution is -2.58. The van der Waals surface area contributed by atoms with Gasteiger partial charge in [-0.05, 0) is 121 Å². The second-order valence-electron chi connectivity index (χ2n) is 18.3. The average Bonchev–Trinajstić information content (AvgIpc) is 3.25. The molecule has 5 atom stereocenters. The first kappa shape index (κ1) is 44.5. The van der Waals surface area contributed by atoms with Crippen molar-refractivity contribution in [3.63, 3.8) is 0 Å². The number of amides is 3. The maximum Gasteiger partial charge on any atom is 0.247 e. The highest BCUT2D eigenvalue weighted by Gasteiger charge is 2.55. The lowest BCUT2D eigenvalue weighted by molar-refractivity contribution is -0.141. The molecule has 4 N–H and O–H groups in total. The van der Waals surface area contributed by atoms with Crippen LogP contribution in [-0.2, 0) is 49.1 Å². The molecule has 0 aliphatic heterocycles. The molecule has 7 rings (SSSR count). The molecule has 0 unspecified atom stereocenters. The standard InChI is InChI=1S/C52H60N4O5S/c1-34(2)42-32-39-22-27-47-51(5,28-13-29-52(47,6)50(59)55-44(30-37-14-9-7-10-15-37)48(57)53-40-23-18-35(3)19-24-40)43(39)33-46(42)62(60,61)56-45(31-38-16-11-8-12-17-38)49(58)54-41-25-20-36(4)21-26-41/h7-12,14-21,23-26,32-34,44-45,47,56H,13,22,27-31H2,1-6H3,(H,53,57)(H,54,58)(H,55,59)/t44-,45-,47+,51+,52+/m0/s1. The zero-order valence-electron chi connectivity index (χ0n) is 36.8. The fourth-order valence-electron chi connectivity index (χ4n) is 9.87. The molecule has 10 heteroatoms. The quantitative estimate of drug-likeness (QED) is 0.0884. The minimum absolute atomic E-state index is 0.124. The lowest BCUT2D eigenvalue weighted by atomic mass is 9.49. The van der Waals surface area contributed by atoms with E-state index < -0.39 is 38.8 Å². The third-order valence-corrected chi connectivity index (χ3v) is 14.9. The van der Waals surface area contributed by atoms with Crippen molar-refractivity contribution in [1.29, 1.82) is 0 Å². The van der Waals surface area contributed by atoms with E-state index in [1.807, 2.05) is 144 Å². The highest BCUT2D eigenvalue weighted by molar-refractivity contribution is 7.89. The number of carbonyl (C=O) groups excluding carboxylic acids is 3. The summed E-state index contributed by atoms with van der Waals surface area (Å²) in [5, 5.41) is 9.18. The fourth-order valence-corrected chi connectivity index (χ4v) is 11.4. The summed E-state index contributed by atoms with van der Waals surface area (Å²) in [5.41, 5.74) is 6.45. The molecule has 9 nitrogen and oxygen atoms in total. The van der Waals surface area contributed by atoms with Crippen LogP contribution in [0.2, 0.25) is 0 Å². The minimum atomic E-state index is -4.26. The van der Waals surface area contributed by atoms with Crippen molar-refractivity contribution in [1.82, 2.24) is 10.0 Å². The summed E-state index contributed by atoms with van der Waals surface area (Å²) < 4.78 is 32.5. The number of hydrogen-bond acceptors (Lipinski definition) is 5. The maximum atomic E-state index is 14.8. The molecule has 2 aliphatic carbocycles. The summed E-state index contributed by atoms with van der Waals surface area (Å²) in [6.07, 6.45) is 4.07. The van der Waals surface area contributed by atoms with Gasteiger partial charge in [-0.15, -0.1) is 0 Å². The van der Waals surface area contributed by atoms with Crippen molar-refractivity contribution in [3.8, 4) is 0 Å². The number of fused-ring (bicyclic) bond motifs is 3. The summed E-state index contributed by atoms with van der Waals surface area (Å²) in [7, 11) is -4.26. The van der Waals surface area contributed by atoms with Gasteiger partial charge in [0.2, 0.25) is 27.7 Å². The molecule has 324 valence electrons. The van der Waals surface area contributed by atoms with Gasteiger partial charge in [0, 0.05) is 17.8 Å². The van der Waals surface area contributed by atoms with Gasteiger partial charge < -0.3 is 16.0 Å². The topological polar surface area (TPSA) is 133 Å². The van der Waals surface area contributed by atoms with E-state index in [0.29, 0.717) is 36.2 Å². The average molecular weight is 853 g/mol. The minimum Gasteiger partial charge on any atom is -0.343 e. The van der Waals surface area contributed by atoms with E-state index in [4.69, 9.17) is 0 Å². The predicted octanol–water partition coefficient (Wildman–Crippen LogP) is 9.33. The molecular weight excluding hydrogens is 793 g/mol. The van der Waals surface area contributed by atoms with Crippen molar-refractivity contribution in [3.05, 3.63) is 160 Å². The largest absolute Gasteiger partial charge is 0.343 e. The number of benzene rings is 5. The van der Waals surface area contributed by atoms with Gasteiger partial charge in [-0.1, -0.05) is 136 Å². The van der Waals surface area contributed by atoms with Crippen molar-refractivity contribution in [2.45, 2.75) is 115 Å². The lowest BCUT2D eigenvalue weighted by Gasteiger charge is -2.55. The Morgan fingerprint density at radius 2 is 1.21 bits per heavy atom. The summed E-state index contributed by atoms with van der Waals surface area (Å²) >= 11 is 0. The smallest absolute Gasteiger partial charge is 0.247 e.